The molecule has 2 aromatic rings. The summed E-state index contributed by atoms with van der Waals surface area (Å²) in [5, 5.41) is 6.23. The number of carbonyl (C=O) groups is 2. The Balaban J connectivity index is 1.52. The van der Waals surface area contributed by atoms with E-state index in [2.05, 4.69) is 5.32 Å². The van der Waals surface area contributed by atoms with Crippen molar-refractivity contribution in [2.75, 3.05) is 19.8 Å². The summed E-state index contributed by atoms with van der Waals surface area (Å²) in [5.41, 5.74) is 3.42. The van der Waals surface area contributed by atoms with Gasteiger partial charge < -0.3 is 19.7 Å². The third-order valence-corrected chi connectivity index (χ3v) is 7.57. The molecule has 3 aliphatic heterocycles. The minimum atomic E-state index is -0.536. The van der Waals surface area contributed by atoms with Crippen molar-refractivity contribution in [1.29, 1.82) is 0 Å². The van der Waals surface area contributed by atoms with Crippen LogP contribution in [0.25, 0.3) is 5.70 Å². The highest BCUT2D eigenvalue weighted by atomic mass is 35.5. The summed E-state index contributed by atoms with van der Waals surface area (Å²) in [6.45, 7) is 3.25. The van der Waals surface area contributed by atoms with E-state index in [4.69, 9.17) is 26.1 Å². The number of halogens is 1. The summed E-state index contributed by atoms with van der Waals surface area (Å²) in [6.07, 6.45) is 2.19. The summed E-state index contributed by atoms with van der Waals surface area (Å²) in [4.78, 5) is 33.3. The molecule has 0 aromatic heterocycles. The normalized spacial score (nSPS) is 20.9. The minimum absolute atomic E-state index is 0.0663. The molecule has 1 fully saturated rings. The van der Waals surface area contributed by atoms with Crippen LogP contribution >= 0.6 is 23.4 Å². The Morgan fingerprint density at radius 2 is 1.97 bits per heavy atom. The Labute approximate surface area is 225 Å². The molecule has 37 heavy (non-hydrogen) atoms. The van der Waals surface area contributed by atoms with Crippen LogP contribution in [0.5, 0.6) is 0 Å². The molecule has 3 heterocycles. The highest BCUT2D eigenvalue weighted by molar-refractivity contribution is 8.16. The number of fused-ring (bicyclic) bond motifs is 1. The van der Waals surface area contributed by atoms with E-state index >= 15 is 0 Å². The zero-order valence-corrected chi connectivity index (χ0v) is 22.1. The lowest BCUT2D eigenvalue weighted by Crippen LogP contribution is -2.38. The van der Waals surface area contributed by atoms with E-state index in [0.717, 1.165) is 36.3 Å². The van der Waals surface area contributed by atoms with E-state index < -0.39 is 12.0 Å². The number of benzene rings is 2. The zero-order chi connectivity index (χ0) is 25.8. The number of amidine groups is 1. The number of esters is 1. The number of hydrogen-bond acceptors (Lipinski definition) is 7. The Morgan fingerprint density at radius 3 is 2.68 bits per heavy atom. The first-order chi connectivity index (χ1) is 18.0. The number of thioether (sulfide) groups is 1. The second kappa shape index (κ2) is 11.5. The predicted molar refractivity (Wildman–Crippen MR) is 146 cm³/mol. The van der Waals surface area contributed by atoms with Crippen LogP contribution in [-0.2, 0) is 19.1 Å². The van der Waals surface area contributed by atoms with Gasteiger partial charge in [-0.25, -0.2) is 9.79 Å². The Kier molecular flexibility index (Phi) is 7.98. The van der Waals surface area contributed by atoms with Gasteiger partial charge in [0.25, 0.3) is 0 Å². The molecule has 9 heteroatoms. The van der Waals surface area contributed by atoms with Crippen molar-refractivity contribution < 1.29 is 19.1 Å². The summed E-state index contributed by atoms with van der Waals surface area (Å²) in [7, 11) is 0. The second-order valence-electron chi connectivity index (χ2n) is 8.91. The maximum atomic E-state index is 13.5. The average Bonchev–Trinajstić information content (AvgIpc) is 3.58. The molecule has 0 aliphatic carbocycles. The maximum Gasteiger partial charge on any atom is 0.338 e. The number of carbonyl (C=O) groups excluding carboxylic acids is 2. The van der Waals surface area contributed by atoms with Gasteiger partial charge >= 0.3 is 5.97 Å². The smallest absolute Gasteiger partial charge is 0.338 e. The van der Waals surface area contributed by atoms with Gasteiger partial charge in [-0.1, -0.05) is 65.8 Å². The molecule has 0 radical (unpaired) electrons. The molecule has 3 aliphatic rings. The zero-order valence-electron chi connectivity index (χ0n) is 20.5. The lowest BCUT2D eigenvalue weighted by molar-refractivity contribution is -0.139. The average molecular weight is 538 g/mol. The molecule has 7 nitrogen and oxygen atoms in total. The fourth-order valence-electron chi connectivity index (χ4n) is 4.71. The van der Waals surface area contributed by atoms with E-state index in [1.165, 1.54) is 11.8 Å². The van der Waals surface area contributed by atoms with Crippen molar-refractivity contribution in [1.82, 2.24) is 10.2 Å². The van der Waals surface area contributed by atoms with Crippen molar-refractivity contribution in [3.63, 3.8) is 0 Å². The molecule has 0 saturated carbocycles. The van der Waals surface area contributed by atoms with Gasteiger partial charge in [0.05, 0.1) is 36.4 Å². The molecule has 0 spiro atoms. The van der Waals surface area contributed by atoms with Crippen molar-refractivity contribution in [2.24, 2.45) is 4.99 Å². The van der Waals surface area contributed by atoms with Crippen LogP contribution in [0.3, 0.4) is 0 Å². The van der Waals surface area contributed by atoms with Gasteiger partial charge in [-0.3, -0.25) is 4.79 Å². The molecule has 0 bridgehead atoms. The molecule has 1 saturated heterocycles. The van der Waals surface area contributed by atoms with Crippen molar-refractivity contribution in [3.8, 4) is 0 Å². The SMILES string of the molecule is CCOC(=O)C1=C(c2ccccc2)N=C2SC=C(CC(=O)NC[C@@H]3CCCO3)N2[C@@H]1c1ccc(Cl)cc1. The van der Waals surface area contributed by atoms with E-state index in [1.54, 1.807) is 19.1 Å². The number of aliphatic imine (C=N–C) groups is 1. The molecule has 2 aromatic carbocycles. The van der Waals surface area contributed by atoms with Gasteiger partial charge in [0.15, 0.2) is 5.17 Å². The second-order valence-corrected chi connectivity index (χ2v) is 10.2. The monoisotopic (exact) mass is 537 g/mol. The summed E-state index contributed by atoms with van der Waals surface area (Å²) < 4.78 is 11.2. The molecule has 0 unspecified atom stereocenters. The maximum absolute atomic E-state index is 13.5. The van der Waals surface area contributed by atoms with Crippen LogP contribution in [0, 0.1) is 0 Å². The van der Waals surface area contributed by atoms with Crippen molar-refractivity contribution >= 4 is 46.1 Å². The molecular weight excluding hydrogens is 510 g/mol. The van der Waals surface area contributed by atoms with Gasteiger partial charge in [0, 0.05) is 29.4 Å². The third-order valence-electron chi connectivity index (χ3n) is 6.43. The van der Waals surface area contributed by atoms with E-state index in [0.29, 0.717) is 28.0 Å². The van der Waals surface area contributed by atoms with Gasteiger partial charge in [0.2, 0.25) is 5.91 Å². The van der Waals surface area contributed by atoms with E-state index in [9.17, 15) is 9.59 Å². The Hall–Kier alpha value is -3.07. The highest BCUT2D eigenvalue weighted by Gasteiger charge is 2.42. The lowest BCUT2D eigenvalue weighted by atomic mass is 9.91. The molecular formula is C28H28ClN3O4S. The Bertz CT molecular complexity index is 1250. The number of amides is 1. The molecule has 192 valence electrons. The summed E-state index contributed by atoms with van der Waals surface area (Å²) in [5.74, 6) is -0.544. The van der Waals surface area contributed by atoms with Crippen molar-refractivity contribution in [3.05, 3.63) is 87.4 Å². The molecule has 1 N–H and O–H groups in total. The number of nitrogens with one attached hydrogen (secondary N) is 1. The predicted octanol–water partition coefficient (Wildman–Crippen LogP) is 5.30. The highest BCUT2D eigenvalue weighted by Crippen LogP contribution is 2.47. The number of nitrogens with zero attached hydrogens (tertiary/aromatic N) is 2. The topological polar surface area (TPSA) is 80.2 Å². The largest absolute Gasteiger partial charge is 0.463 e. The van der Waals surface area contributed by atoms with Crippen LogP contribution < -0.4 is 5.32 Å². The first-order valence-corrected chi connectivity index (χ1v) is 13.6. The fourth-order valence-corrected chi connectivity index (χ4v) is 5.75. The Morgan fingerprint density at radius 1 is 1.19 bits per heavy atom. The first kappa shape index (κ1) is 25.6. The fraction of sp³-hybridized carbons (Fsp3) is 0.321. The van der Waals surface area contributed by atoms with Crippen LogP contribution in [0.1, 0.15) is 43.4 Å². The van der Waals surface area contributed by atoms with Crippen LogP contribution in [-0.4, -0.2) is 47.8 Å². The standard InChI is InChI=1S/C28H28ClN3O4S/c1-2-35-27(34)24-25(18-7-4-3-5-8-18)31-28-32(26(24)19-10-12-20(29)13-11-19)21(17-37-28)15-23(33)30-16-22-9-6-14-36-22/h3-5,7-8,10-13,17,22,26H,2,6,9,14-16H2,1H3,(H,30,33)/t22-,26+/m0/s1. The number of rotatable bonds is 8. The van der Waals surface area contributed by atoms with Gasteiger partial charge in [0.1, 0.15) is 0 Å². The summed E-state index contributed by atoms with van der Waals surface area (Å²) in [6, 6.07) is 16.5. The number of ether oxygens (including phenoxy) is 2. The molecule has 1 amide bonds. The minimum Gasteiger partial charge on any atom is -0.463 e. The number of hydrogen-bond donors (Lipinski definition) is 1. The lowest BCUT2D eigenvalue weighted by Gasteiger charge is -2.36. The molecule has 5 rings (SSSR count). The van der Waals surface area contributed by atoms with Crippen LogP contribution in [0.15, 0.2) is 76.3 Å². The van der Waals surface area contributed by atoms with Gasteiger partial charge in [-0.2, -0.15) is 0 Å². The van der Waals surface area contributed by atoms with Crippen molar-refractivity contribution in [2.45, 2.75) is 38.3 Å². The quantitative estimate of drug-likeness (QED) is 0.460. The third kappa shape index (κ3) is 5.61. The first-order valence-electron chi connectivity index (χ1n) is 12.4. The van der Waals surface area contributed by atoms with Gasteiger partial charge in [-0.15, -0.1) is 0 Å². The van der Waals surface area contributed by atoms with Crippen LogP contribution in [0.2, 0.25) is 5.02 Å². The van der Waals surface area contributed by atoms with Crippen LogP contribution in [0.4, 0.5) is 0 Å². The van der Waals surface area contributed by atoms with Gasteiger partial charge in [-0.05, 0) is 42.9 Å². The summed E-state index contributed by atoms with van der Waals surface area (Å²) >= 11 is 7.65. The molecule has 2 atom stereocenters. The van der Waals surface area contributed by atoms with E-state index in [-0.39, 0.29) is 25.0 Å². The van der Waals surface area contributed by atoms with E-state index in [1.807, 2.05) is 52.8 Å².